The SMILES string of the molecule is CN=C(NCc1ccc(F)cc1CSC)NCC1CC1.I. The lowest BCUT2D eigenvalue weighted by Gasteiger charge is -2.14. The first-order valence-electron chi connectivity index (χ1n) is 6.93. The first-order valence-corrected chi connectivity index (χ1v) is 8.33. The van der Waals surface area contributed by atoms with E-state index in [1.54, 1.807) is 24.9 Å². The predicted molar refractivity (Wildman–Crippen MR) is 100.0 cm³/mol. The molecule has 1 fully saturated rings. The molecule has 0 atom stereocenters. The average molecular weight is 423 g/mol. The number of aliphatic imine (C=N–C) groups is 1. The van der Waals surface area contributed by atoms with Crippen molar-refractivity contribution in [2.75, 3.05) is 19.8 Å². The Hall–Kier alpha value is -0.500. The Morgan fingerprint density at radius 2 is 2.10 bits per heavy atom. The minimum absolute atomic E-state index is 0. The molecule has 2 rings (SSSR count). The number of nitrogens with zero attached hydrogens (tertiary/aromatic N) is 1. The van der Waals surface area contributed by atoms with Crippen molar-refractivity contribution < 1.29 is 4.39 Å². The van der Waals surface area contributed by atoms with Gasteiger partial charge in [0.1, 0.15) is 5.82 Å². The second kappa shape index (κ2) is 9.50. The molecule has 0 radical (unpaired) electrons. The van der Waals surface area contributed by atoms with Crippen LogP contribution in [0.1, 0.15) is 24.0 Å². The third-order valence-electron chi connectivity index (χ3n) is 3.39. The number of hydrogen-bond acceptors (Lipinski definition) is 2. The molecule has 1 aromatic carbocycles. The van der Waals surface area contributed by atoms with Gasteiger partial charge in [-0.15, -0.1) is 24.0 Å². The van der Waals surface area contributed by atoms with Gasteiger partial charge in [-0.3, -0.25) is 4.99 Å². The van der Waals surface area contributed by atoms with Crippen LogP contribution in [-0.4, -0.2) is 25.8 Å². The van der Waals surface area contributed by atoms with E-state index in [2.05, 4.69) is 15.6 Å². The van der Waals surface area contributed by atoms with Gasteiger partial charge in [-0.25, -0.2) is 4.39 Å². The van der Waals surface area contributed by atoms with Gasteiger partial charge in [0.25, 0.3) is 0 Å². The lowest BCUT2D eigenvalue weighted by molar-refractivity contribution is 0.625. The maximum absolute atomic E-state index is 13.3. The highest BCUT2D eigenvalue weighted by atomic mass is 127. The summed E-state index contributed by atoms with van der Waals surface area (Å²) in [5.74, 6) is 2.28. The molecule has 0 aliphatic heterocycles. The molecule has 0 spiro atoms. The van der Waals surface area contributed by atoms with E-state index in [4.69, 9.17) is 0 Å². The summed E-state index contributed by atoms with van der Waals surface area (Å²) >= 11 is 1.70. The fourth-order valence-electron chi connectivity index (χ4n) is 2.02. The molecule has 2 N–H and O–H groups in total. The van der Waals surface area contributed by atoms with Gasteiger partial charge in [-0.1, -0.05) is 6.07 Å². The second-order valence-corrected chi connectivity index (χ2v) is 5.96. The maximum Gasteiger partial charge on any atom is 0.191 e. The lowest BCUT2D eigenvalue weighted by atomic mass is 10.1. The first kappa shape index (κ1) is 18.5. The molecule has 0 saturated heterocycles. The zero-order valence-electron chi connectivity index (χ0n) is 12.5. The Morgan fingerprint density at radius 3 is 2.71 bits per heavy atom. The van der Waals surface area contributed by atoms with Crippen LogP contribution in [0, 0.1) is 11.7 Å². The van der Waals surface area contributed by atoms with Crippen LogP contribution >= 0.6 is 35.7 Å². The minimum atomic E-state index is -0.172. The van der Waals surface area contributed by atoms with Crippen molar-refractivity contribution in [3.05, 3.63) is 35.1 Å². The number of rotatable bonds is 6. The molecule has 0 unspecified atom stereocenters. The number of halogens is 2. The minimum Gasteiger partial charge on any atom is -0.356 e. The molecular formula is C15H23FIN3S. The Kier molecular flexibility index (Phi) is 8.39. The number of benzene rings is 1. The summed E-state index contributed by atoms with van der Waals surface area (Å²) in [4.78, 5) is 4.21. The van der Waals surface area contributed by atoms with E-state index in [-0.39, 0.29) is 29.8 Å². The topological polar surface area (TPSA) is 36.4 Å². The van der Waals surface area contributed by atoms with Crippen LogP contribution in [0.15, 0.2) is 23.2 Å². The predicted octanol–water partition coefficient (Wildman–Crippen LogP) is 3.38. The van der Waals surface area contributed by atoms with Gasteiger partial charge >= 0.3 is 0 Å². The summed E-state index contributed by atoms with van der Waals surface area (Å²) in [7, 11) is 1.77. The smallest absolute Gasteiger partial charge is 0.191 e. The van der Waals surface area contributed by atoms with Crippen molar-refractivity contribution in [1.82, 2.24) is 10.6 Å². The highest BCUT2D eigenvalue weighted by Crippen LogP contribution is 2.27. The van der Waals surface area contributed by atoms with E-state index in [1.165, 1.54) is 18.9 Å². The fraction of sp³-hybridized carbons (Fsp3) is 0.533. The van der Waals surface area contributed by atoms with Gasteiger partial charge in [-0.2, -0.15) is 11.8 Å². The molecular weight excluding hydrogens is 400 g/mol. The van der Waals surface area contributed by atoms with E-state index in [1.807, 2.05) is 12.3 Å². The van der Waals surface area contributed by atoms with Crippen LogP contribution in [0.5, 0.6) is 0 Å². The van der Waals surface area contributed by atoms with Crippen molar-refractivity contribution in [3.8, 4) is 0 Å². The Balaban J connectivity index is 0.00000220. The average Bonchev–Trinajstić information content (AvgIpc) is 3.25. The first-order chi connectivity index (χ1) is 9.72. The molecule has 0 heterocycles. The summed E-state index contributed by atoms with van der Waals surface area (Å²) in [6.45, 7) is 1.65. The molecule has 3 nitrogen and oxygen atoms in total. The van der Waals surface area contributed by atoms with Crippen LogP contribution in [0.4, 0.5) is 4.39 Å². The van der Waals surface area contributed by atoms with Gasteiger partial charge in [-0.05, 0) is 48.3 Å². The summed E-state index contributed by atoms with van der Waals surface area (Å²) in [6, 6.07) is 4.98. The molecule has 0 aromatic heterocycles. The van der Waals surface area contributed by atoms with Crippen LogP contribution < -0.4 is 10.6 Å². The molecule has 0 bridgehead atoms. The molecule has 6 heteroatoms. The number of hydrogen-bond donors (Lipinski definition) is 2. The van der Waals surface area contributed by atoms with Gasteiger partial charge in [0.15, 0.2) is 5.96 Å². The lowest BCUT2D eigenvalue weighted by Crippen LogP contribution is -2.38. The number of nitrogens with one attached hydrogen (secondary N) is 2. The fourth-order valence-corrected chi connectivity index (χ4v) is 2.60. The zero-order valence-corrected chi connectivity index (χ0v) is 15.6. The standard InChI is InChI=1S/C15H22FN3S.HI/c1-17-15(18-8-11-3-4-11)19-9-12-5-6-14(16)7-13(12)10-20-2;/h5-7,11H,3-4,8-10H2,1-2H3,(H2,17,18,19);1H. The van der Waals surface area contributed by atoms with Crippen LogP contribution in [0.2, 0.25) is 0 Å². The van der Waals surface area contributed by atoms with Gasteiger partial charge < -0.3 is 10.6 Å². The van der Waals surface area contributed by atoms with Gasteiger partial charge in [0.2, 0.25) is 0 Å². The maximum atomic E-state index is 13.3. The largest absolute Gasteiger partial charge is 0.356 e. The molecule has 1 aliphatic carbocycles. The third kappa shape index (κ3) is 6.42. The van der Waals surface area contributed by atoms with Crippen molar-refractivity contribution in [2.45, 2.75) is 25.1 Å². The number of guanidine groups is 1. The summed E-state index contributed by atoms with van der Waals surface area (Å²) in [5.41, 5.74) is 2.16. The summed E-state index contributed by atoms with van der Waals surface area (Å²) in [5, 5.41) is 6.62. The molecule has 21 heavy (non-hydrogen) atoms. The van der Waals surface area contributed by atoms with Crippen molar-refractivity contribution >= 4 is 41.7 Å². The van der Waals surface area contributed by atoms with Crippen LogP contribution in [0.3, 0.4) is 0 Å². The van der Waals surface area contributed by atoms with Crippen molar-refractivity contribution in [2.24, 2.45) is 10.9 Å². The van der Waals surface area contributed by atoms with Crippen LogP contribution in [-0.2, 0) is 12.3 Å². The van der Waals surface area contributed by atoms with E-state index < -0.39 is 0 Å². The number of thioether (sulfide) groups is 1. The van der Waals surface area contributed by atoms with E-state index in [9.17, 15) is 4.39 Å². The highest BCUT2D eigenvalue weighted by molar-refractivity contribution is 14.0. The zero-order chi connectivity index (χ0) is 14.4. The van der Waals surface area contributed by atoms with Gasteiger partial charge in [0.05, 0.1) is 0 Å². The van der Waals surface area contributed by atoms with Gasteiger partial charge in [0, 0.05) is 25.9 Å². The highest BCUT2D eigenvalue weighted by Gasteiger charge is 2.21. The summed E-state index contributed by atoms with van der Waals surface area (Å²) < 4.78 is 13.3. The second-order valence-electron chi connectivity index (χ2n) is 5.10. The normalized spacial score (nSPS) is 14.5. The molecule has 1 saturated carbocycles. The Bertz CT molecular complexity index is 478. The summed E-state index contributed by atoms with van der Waals surface area (Å²) in [6.07, 6.45) is 4.66. The molecule has 118 valence electrons. The van der Waals surface area contributed by atoms with E-state index in [0.29, 0.717) is 6.54 Å². The Morgan fingerprint density at radius 1 is 1.33 bits per heavy atom. The van der Waals surface area contributed by atoms with Crippen molar-refractivity contribution in [3.63, 3.8) is 0 Å². The van der Waals surface area contributed by atoms with Crippen molar-refractivity contribution in [1.29, 1.82) is 0 Å². The monoisotopic (exact) mass is 423 g/mol. The van der Waals surface area contributed by atoms with E-state index in [0.717, 1.165) is 35.3 Å². The quantitative estimate of drug-likeness (QED) is 0.419. The van der Waals surface area contributed by atoms with E-state index >= 15 is 0 Å². The third-order valence-corrected chi connectivity index (χ3v) is 3.99. The molecule has 0 amide bonds. The molecule has 1 aromatic rings. The molecule has 1 aliphatic rings. The Labute approximate surface area is 147 Å². The van der Waals surface area contributed by atoms with Crippen LogP contribution in [0.25, 0.3) is 0 Å².